The molecule has 6 heterocycles. The van der Waals surface area contributed by atoms with Gasteiger partial charge in [0.05, 0.1) is 80.7 Å². The summed E-state index contributed by atoms with van der Waals surface area (Å²) >= 11 is 0. The van der Waals surface area contributed by atoms with Crippen molar-refractivity contribution in [1.29, 1.82) is 0 Å². The van der Waals surface area contributed by atoms with Crippen molar-refractivity contribution >= 4 is 5.97 Å². The molecular weight excluding hydrogens is 817 g/mol. The molecule has 0 unspecified atom stereocenters. The Labute approximate surface area is 381 Å². The van der Waals surface area contributed by atoms with E-state index in [0.717, 1.165) is 55.4 Å². The van der Waals surface area contributed by atoms with E-state index in [4.69, 9.17) is 52.1 Å². The summed E-state index contributed by atoms with van der Waals surface area (Å²) in [5.41, 5.74) is 0.995. The highest BCUT2D eigenvalue weighted by atomic mass is 16.8. The average Bonchev–Trinajstić information content (AvgIpc) is 4.11. The van der Waals surface area contributed by atoms with Crippen LogP contribution in [0.1, 0.15) is 124 Å². The van der Waals surface area contributed by atoms with Crippen molar-refractivity contribution in [3.63, 3.8) is 0 Å². The number of esters is 1. The molecule has 0 amide bonds. The molecule has 6 aliphatic heterocycles. The van der Waals surface area contributed by atoms with Crippen molar-refractivity contribution in [2.24, 2.45) is 35.5 Å². The maximum absolute atomic E-state index is 12.8. The van der Waals surface area contributed by atoms with Gasteiger partial charge < -0.3 is 52.1 Å². The number of hydrogen-bond acceptors (Lipinski definition) is 12. The maximum Gasteiger partial charge on any atom is 0.311 e. The molecule has 0 N–H and O–H groups in total. The van der Waals surface area contributed by atoms with Gasteiger partial charge >= 0.3 is 5.97 Å². The molecule has 0 aliphatic carbocycles. The van der Waals surface area contributed by atoms with Crippen molar-refractivity contribution < 1.29 is 56.9 Å². The summed E-state index contributed by atoms with van der Waals surface area (Å²) in [7, 11) is 4.74. The van der Waals surface area contributed by atoms with Gasteiger partial charge in [0.25, 0.3) is 0 Å². The van der Waals surface area contributed by atoms with Crippen LogP contribution in [0.3, 0.4) is 0 Å². The molecule has 8 rings (SSSR count). The summed E-state index contributed by atoms with van der Waals surface area (Å²) < 4.78 is 72.5. The summed E-state index contributed by atoms with van der Waals surface area (Å²) in [6, 6.07) is 18.1. The van der Waals surface area contributed by atoms with Gasteiger partial charge in [-0.05, 0) is 81.9 Å². The SMILES string of the molecule is CC[C@@]1([C@@H]2O[C@H]([C@H]3O[C@@]4(CO[C@@H](c5ccc(OC)cc5)O4)[C@H](C)C[C@@H]3C)C[C@@H]2C)CC[C@H]([C@@]2(C)CC[C@]3(C[C@H](OCc4ccccc4)[C@@H](C)[C@@H]([C@@H](C)[C@@H](OC)[C@H](C)C(=O)OC)O3)O2)O1. The van der Waals surface area contributed by atoms with Crippen LogP contribution in [-0.4, -0.2) is 99.4 Å². The molecule has 0 radical (unpaired) electrons. The molecule has 6 aliphatic rings. The van der Waals surface area contributed by atoms with Crippen LogP contribution in [0.25, 0.3) is 0 Å². The molecule has 2 aromatic rings. The van der Waals surface area contributed by atoms with Crippen LogP contribution in [0.4, 0.5) is 0 Å². The Balaban J connectivity index is 0.963. The summed E-state index contributed by atoms with van der Waals surface area (Å²) in [4.78, 5) is 12.8. The van der Waals surface area contributed by atoms with Crippen molar-refractivity contribution in [1.82, 2.24) is 0 Å². The molecule has 0 bridgehead atoms. The Kier molecular flexibility index (Phi) is 14.3. The normalized spacial score (nSPS) is 42.5. The number of carbonyl (C=O) groups is 1. The summed E-state index contributed by atoms with van der Waals surface area (Å²) in [6.45, 7) is 18.2. The summed E-state index contributed by atoms with van der Waals surface area (Å²) in [5, 5.41) is 0. The van der Waals surface area contributed by atoms with Crippen molar-refractivity contribution in [2.45, 2.75) is 185 Å². The third kappa shape index (κ3) is 9.06. The minimum Gasteiger partial charge on any atom is -0.497 e. The second-order valence-electron chi connectivity index (χ2n) is 20.6. The van der Waals surface area contributed by atoms with Gasteiger partial charge in [-0.3, -0.25) is 4.79 Å². The lowest BCUT2D eigenvalue weighted by atomic mass is 9.78. The Morgan fingerprint density at radius 2 is 1.62 bits per heavy atom. The number of methoxy groups -OCH3 is 3. The maximum atomic E-state index is 12.8. The topological polar surface area (TPSA) is 119 Å². The van der Waals surface area contributed by atoms with Gasteiger partial charge in [-0.25, -0.2) is 0 Å². The zero-order chi connectivity index (χ0) is 45.6. The highest BCUT2D eigenvalue weighted by Gasteiger charge is 2.63. The Morgan fingerprint density at radius 1 is 0.875 bits per heavy atom. The minimum absolute atomic E-state index is 0.00309. The molecule has 0 saturated carbocycles. The summed E-state index contributed by atoms with van der Waals surface area (Å²) in [5.74, 6) is -1.19. The van der Waals surface area contributed by atoms with E-state index in [0.29, 0.717) is 26.1 Å². The van der Waals surface area contributed by atoms with E-state index < -0.39 is 41.1 Å². The molecule has 2 aromatic carbocycles. The molecule has 356 valence electrons. The lowest BCUT2D eigenvalue weighted by Crippen LogP contribution is -2.57. The van der Waals surface area contributed by atoms with E-state index in [1.165, 1.54) is 7.11 Å². The number of rotatable bonds is 14. The van der Waals surface area contributed by atoms with E-state index in [-0.39, 0.29) is 72.2 Å². The van der Waals surface area contributed by atoms with Crippen LogP contribution in [0.2, 0.25) is 0 Å². The summed E-state index contributed by atoms with van der Waals surface area (Å²) in [6.07, 6.45) is 4.59. The van der Waals surface area contributed by atoms with Gasteiger partial charge in [0.1, 0.15) is 12.4 Å². The van der Waals surface area contributed by atoms with Crippen LogP contribution in [0.5, 0.6) is 5.75 Å². The largest absolute Gasteiger partial charge is 0.497 e. The van der Waals surface area contributed by atoms with Gasteiger partial charge in [-0.15, -0.1) is 0 Å². The predicted octanol–water partition coefficient (Wildman–Crippen LogP) is 9.36. The van der Waals surface area contributed by atoms with Crippen LogP contribution in [0.15, 0.2) is 54.6 Å². The molecular formula is C52H76O12. The monoisotopic (exact) mass is 893 g/mol. The van der Waals surface area contributed by atoms with E-state index in [2.05, 4.69) is 60.6 Å². The first-order valence-electron chi connectivity index (χ1n) is 24.2. The first-order valence-corrected chi connectivity index (χ1v) is 24.2. The van der Waals surface area contributed by atoms with Gasteiger partial charge in [-0.2, -0.15) is 0 Å². The van der Waals surface area contributed by atoms with Gasteiger partial charge in [-0.1, -0.05) is 84.0 Å². The second-order valence-corrected chi connectivity index (χ2v) is 20.6. The van der Waals surface area contributed by atoms with Crippen molar-refractivity contribution in [2.75, 3.05) is 27.9 Å². The quantitative estimate of drug-likeness (QED) is 0.168. The van der Waals surface area contributed by atoms with Crippen LogP contribution in [-0.2, 0) is 58.8 Å². The van der Waals surface area contributed by atoms with E-state index >= 15 is 0 Å². The lowest BCUT2D eigenvalue weighted by molar-refractivity contribution is -0.339. The van der Waals surface area contributed by atoms with Crippen molar-refractivity contribution in [3.8, 4) is 5.75 Å². The predicted molar refractivity (Wildman–Crippen MR) is 239 cm³/mol. The third-order valence-electron chi connectivity index (χ3n) is 16.4. The fourth-order valence-corrected chi connectivity index (χ4v) is 12.5. The molecule has 64 heavy (non-hydrogen) atoms. The first-order chi connectivity index (χ1) is 30.6. The van der Waals surface area contributed by atoms with Gasteiger partial charge in [0.15, 0.2) is 17.9 Å². The van der Waals surface area contributed by atoms with E-state index in [9.17, 15) is 4.79 Å². The average molecular weight is 893 g/mol. The first kappa shape index (κ1) is 47.8. The highest BCUT2D eigenvalue weighted by molar-refractivity contribution is 5.72. The molecule has 12 nitrogen and oxygen atoms in total. The van der Waals surface area contributed by atoms with Gasteiger partial charge in [0.2, 0.25) is 0 Å². The van der Waals surface area contributed by atoms with Crippen LogP contribution < -0.4 is 4.74 Å². The Morgan fingerprint density at radius 3 is 2.31 bits per heavy atom. The number of hydrogen-bond donors (Lipinski definition) is 0. The van der Waals surface area contributed by atoms with Crippen LogP contribution >= 0.6 is 0 Å². The highest BCUT2D eigenvalue weighted by Crippen LogP contribution is 2.56. The fourth-order valence-electron chi connectivity index (χ4n) is 12.5. The zero-order valence-electron chi connectivity index (χ0n) is 40.2. The van der Waals surface area contributed by atoms with Crippen LogP contribution in [0, 0.1) is 35.5 Å². The number of ether oxygens (including phenoxy) is 11. The van der Waals surface area contributed by atoms with E-state index in [1.54, 1.807) is 14.2 Å². The molecule has 0 aromatic heterocycles. The van der Waals surface area contributed by atoms with Gasteiger partial charge in [0, 0.05) is 43.3 Å². The molecule has 6 saturated heterocycles. The fraction of sp³-hybridized carbons (Fsp3) is 0.750. The Bertz CT molecular complexity index is 1860. The zero-order valence-corrected chi connectivity index (χ0v) is 40.2. The van der Waals surface area contributed by atoms with E-state index in [1.807, 2.05) is 49.4 Å². The lowest BCUT2D eigenvalue weighted by Gasteiger charge is -2.50. The Hall–Kier alpha value is -2.65. The minimum atomic E-state index is -0.892. The number of carbonyl (C=O) groups excluding carboxylic acids is 1. The number of benzene rings is 2. The van der Waals surface area contributed by atoms with Crippen molar-refractivity contribution in [3.05, 3.63) is 65.7 Å². The standard InChI is InChI=1S/C52H76O12/c1-12-50(46-32(3)27-40(59-46)43-31(2)26-33(4)52(62-43)30-58-48(63-52)38-18-20-39(54-9)21-19-38)23-22-42(60-50)49(8)24-25-51(64-49)28-41(57-29-37-16-14-13-15-17-37)34(5)45(61-51)35(6)44(55-10)36(7)47(53)56-11/h13-21,31-36,40-46,48H,12,22-30H2,1-11H3/t31-,32-,33+,34+,35-,36-,40-,41-,42+,43-,44+,45-,46+,48+,49+,50-,51+,52+/m0/s1. The molecule has 2 spiro atoms. The third-order valence-corrected chi connectivity index (χ3v) is 16.4. The second kappa shape index (κ2) is 19.2. The molecule has 18 atom stereocenters. The molecule has 6 fully saturated rings. The smallest absolute Gasteiger partial charge is 0.311 e. The molecule has 12 heteroatoms.